The highest BCUT2D eigenvalue weighted by molar-refractivity contribution is 5.04. The molecule has 0 spiro atoms. The monoisotopic (exact) mass is 219 g/mol. The van der Waals surface area contributed by atoms with E-state index in [1.165, 1.54) is 5.69 Å². The van der Waals surface area contributed by atoms with Crippen LogP contribution in [0.25, 0.3) is 0 Å². The molecular formula is C12H17N3O. The van der Waals surface area contributed by atoms with Crippen LogP contribution in [-0.4, -0.2) is 9.55 Å². The zero-order chi connectivity index (χ0) is 11.4. The molecule has 0 aromatic carbocycles. The van der Waals surface area contributed by atoms with Gasteiger partial charge in [-0.1, -0.05) is 0 Å². The van der Waals surface area contributed by atoms with Crippen molar-refractivity contribution in [1.82, 2.24) is 14.9 Å². The average Bonchev–Trinajstić information content (AvgIpc) is 2.96. The number of rotatable bonds is 5. The van der Waals surface area contributed by atoms with Crippen LogP contribution in [0.4, 0.5) is 0 Å². The molecule has 0 bridgehead atoms. The molecule has 0 aliphatic heterocycles. The Morgan fingerprint density at radius 2 is 2.44 bits per heavy atom. The Labute approximate surface area is 95.3 Å². The van der Waals surface area contributed by atoms with Crippen LogP contribution < -0.4 is 5.32 Å². The summed E-state index contributed by atoms with van der Waals surface area (Å²) in [4.78, 5) is 4.13. The van der Waals surface area contributed by atoms with Crippen molar-refractivity contribution >= 4 is 0 Å². The predicted molar refractivity (Wildman–Crippen MR) is 61.9 cm³/mol. The second-order valence-corrected chi connectivity index (χ2v) is 3.79. The third-order valence-corrected chi connectivity index (χ3v) is 2.70. The highest BCUT2D eigenvalue weighted by Gasteiger charge is 2.08. The molecular weight excluding hydrogens is 202 g/mol. The largest absolute Gasteiger partial charge is 0.468 e. The number of nitrogens with zero attached hydrogens (tertiary/aromatic N) is 2. The van der Waals surface area contributed by atoms with E-state index in [-0.39, 0.29) is 6.04 Å². The fourth-order valence-corrected chi connectivity index (χ4v) is 1.68. The molecule has 0 saturated carbocycles. The summed E-state index contributed by atoms with van der Waals surface area (Å²) in [7, 11) is 0. The Bertz CT molecular complexity index is 419. The lowest BCUT2D eigenvalue weighted by molar-refractivity contribution is 0.426. The molecule has 1 atom stereocenters. The number of furan rings is 1. The zero-order valence-electron chi connectivity index (χ0n) is 9.68. The minimum atomic E-state index is 0.218. The second kappa shape index (κ2) is 4.99. The first kappa shape index (κ1) is 11.0. The minimum absolute atomic E-state index is 0.218. The summed E-state index contributed by atoms with van der Waals surface area (Å²) in [6.45, 7) is 5.95. The topological polar surface area (TPSA) is 43.0 Å². The molecule has 0 fully saturated rings. The van der Waals surface area contributed by atoms with Gasteiger partial charge < -0.3 is 14.3 Å². The molecule has 0 radical (unpaired) electrons. The molecule has 2 rings (SSSR count). The van der Waals surface area contributed by atoms with Crippen LogP contribution in [0.1, 0.15) is 31.3 Å². The van der Waals surface area contributed by atoms with E-state index in [4.69, 9.17) is 4.42 Å². The molecule has 86 valence electrons. The van der Waals surface area contributed by atoms with Crippen LogP contribution >= 0.6 is 0 Å². The standard InChI is InChI=1S/C12H17N3O/c1-3-15-9-13-7-11(15)8-14-10(2)12-5-4-6-16-12/h4-7,9-10,14H,3,8H2,1-2H3. The molecule has 0 amide bonds. The Kier molecular flexibility index (Phi) is 3.41. The fraction of sp³-hybridized carbons (Fsp3) is 0.417. The molecule has 0 saturated heterocycles. The van der Waals surface area contributed by atoms with E-state index in [9.17, 15) is 0 Å². The van der Waals surface area contributed by atoms with Gasteiger partial charge in [0.2, 0.25) is 0 Å². The van der Waals surface area contributed by atoms with Gasteiger partial charge >= 0.3 is 0 Å². The maximum atomic E-state index is 5.34. The lowest BCUT2D eigenvalue weighted by atomic mass is 10.2. The molecule has 16 heavy (non-hydrogen) atoms. The molecule has 4 heteroatoms. The first-order chi connectivity index (χ1) is 7.81. The van der Waals surface area contributed by atoms with Crippen molar-refractivity contribution in [3.8, 4) is 0 Å². The molecule has 1 N–H and O–H groups in total. The van der Waals surface area contributed by atoms with Gasteiger partial charge in [0.15, 0.2) is 0 Å². The van der Waals surface area contributed by atoms with Gasteiger partial charge in [0, 0.05) is 19.3 Å². The molecule has 0 aliphatic carbocycles. The van der Waals surface area contributed by atoms with Gasteiger partial charge in [0.25, 0.3) is 0 Å². The number of aromatic nitrogens is 2. The first-order valence-corrected chi connectivity index (χ1v) is 5.57. The van der Waals surface area contributed by atoms with E-state index in [2.05, 4.69) is 28.7 Å². The summed E-state index contributed by atoms with van der Waals surface area (Å²) < 4.78 is 7.46. The molecule has 4 nitrogen and oxygen atoms in total. The summed E-state index contributed by atoms with van der Waals surface area (Å²) >= 11 is 0. The van der Waals surface area contributed by atoms with E-state index < -0.39 is 0 Å². The van der Waals surface area contributed by atoms with Gasteiger partial charge in [-0.2, -0.15) is 0 Å². The summed E-state index contributed by atoms with van der Waals surface area (Å²) in [5.41, 5.74) is 1.20. The summed E-state index contributed by atoms with van der Waals surface area (Å²) in [6, 6.07) is 4.11. The van der Waals surface area contributed by atoms with Crippen LogP contribution in [0.2, 0.25) is 0 Å². The van der Waals surface area contributed by atoms with Crippen molar-refractivity contribution in [2.75, 3.05) is 0 Å². The third kappa shape index (κ3) is 2.33. The lowest BCUT2D eigenvalue weighted by Gasteiger charge is -2.12. The maximum Gasteiger partial charge on any atom is 0.120 e. The van der Waals surface area contributed by atoms with Crippen LogP contribution in [0.5, 0.6) is 0 Å². The molecule has 0 aliphatic rings. The molecule has 2 heterocycles. The predicted octanol–water partition coefficient (Wildman–Crippen LogP) is 2.35. The number of imidazole rings is 1. The zero-order valence-corrected chi connectivity index (χ0v) is 9.68. The van der Waals surface area contributed by atoms with E-state index >= 15 is 0 Å². The summed E-state index contributed by atoms with van der Waals surface area (Å²) in [6.07, 6.45) is 5.45. The van der Waals surface area contributed by atoms with Gasteiger partial charge in [0.05, 0.1) is 24.3 Å². The van der Waals surface area contributed by atoms with E-state index in [0.717, 1.165) is 18.8 Å². The first-order valence-electron chi connectivity index (χ1n) is 5.57. The molecule has 2 aromatic heterocycles. The van der Waals surface area contributed by atoms with Crippen LogP contribution in [0, 0.1) is 0 Å². The average molecular weight is 219 g/mol. The SMILES string of the molecule is CCn1cncc1CNC(C)c1ccco1. The highest BCUT2D eigenvalue weighted by atomic mass is 16.3. The van der Waals surface area contributed by atoms with Gasteiger partial charge in [0.1, 0.15) is 5.76 Å². The number of aryl methyl sites for hydroxylation is 1. The highest BCUT2D eigenvalue weighted by Crippen LogP contribution is 2.13. The quantitative estimate of drug-likeness (QED) is 0.839. The van der Waals surface area contributed by atoms with E-state index in [1.807, 2.05) is 24.7 Å². The van der Waals surface area contributed by atoms with Crippen molar-refractivity contribution < 1.29 is 4.42 Å². The van der Waals surface area contributed by atoms with Gasteiger partial charge in [-0.15, -0.1) is 0 Å². The minimum Gasteiger partial charge on any atom is -0.468 e. The van der Waals surface area contributed by atoms with E-state index in [1.54, 1.807) is 6.26 Å². The second-order valence-electron chi connectivity index (χ2n) is 3.79. The summed E-state index contributed by atoms with van der Waals surface area (Å²) in [5.74, 6) is 0.961. The lowest BCUT2D eigenvalue weighted by Crippen LogP contribution is -2.19. The van der Waals surface area contributed by atoms with Crippen molar-refractivity contribution in [3.63, 3.8) is 0 Å². The van der Waals surface area contributed by atoms with Gasteiger partial charge in [-0.3, -0.25) is 0 Å². The van der Waals surface area contributed by atoms with Gasteiger partial charge in [-0.25, -0.2) is 4.98 Å². The van der Waals surface area contributed by atoms with Crippen molar-refractivity contribution in [3.05, 3.63) is 42.4 Å². The fourth-order valence-electron chi connectivity index (χ4n) is 1.68. The van der Waals surface area contributed by atoms with Crippen molar-refractivity contribution in [1.29, 1.82) is 0 Å². The summed E-state index contributed by atoms with van der Waals surface area (Å²) in [5, 5.41) is 3.41. The van der Waals surface area contributed by atoms with Crippen LogP contribution in [-0.2, 0) is 13.1 Å². The van der Waals surface area contributed by atoms with Crippen molar-refractivity contribution in [2.24, 2.45) is 0 Å². The Morgan fingerprint density at radius 1 is 1.56 bits per heavy atom. The number of nitrogens with one attached hydrogen (secondary N) is 1. The van der Waals surface area contributed by atoms with Gasteiger partial charge in [-0.05, 0) is 26.0 Å². The van der Waals surface area contributed by atoms with Crippen LogP contribution in [0.3, 0.4) is 0 Å². The normalized spacial score (nSPS) is 12.9. The smallest absolute Gasteiger partial charge is 0.120 e. The maximum absolute atomic E-state index is 5.34. The molecule has 1 unspecified atom stereocenters. The number of hydrogen-bond donors (Lipinski definition) is 1. The van der Waals surface area contributed by atoms with Crippen LogP contribution in [0.15, 0.2) is 35.3 Å². The number of hydrogen-bond acceptors (Lipinski definition) is 3. The Hall–Kier alpha value is -1.55. The van der Waals surface area contributed by atoms with Crippen molar-refractivity contribution in [2.45, 2.75) is 33.0 Å². The third-order valence-electron chi connectivity index (χ3n) is 2.70. The Morgan fingerprint density at radius 3 is 3.12 bits per heavy atom. The van der Waals surface area contributed by atoms with E-state index in [0.29, 0.717) is 0 Å². The molecule has 2 aromatic rings. The Balaban J connectivity index is 1.92.